The van der Waals surface area contributed by atoms with Crippen LogP contribution in [0.15, 0.2) is 29.6 Å². The lowest BCUT2D eigenvalue weighted by Crippen LogP contribution is -2.20. The van der Waals surface area contributed by atoms with Crippen LogP contribution in [0.25, 0.3) is 0 Å². The molecule has 0 saturated heterocycles. The summed E-state index contributed by atoms with van der Waals surface area (Å²) in [5.74, 6) is 0.869. The monoisotopic (exact) mass is 276 g/mol. The first-order valence-corrected chi connectivity index (χ1v) is 7.39. The topological polar surface area (TPSA) is 34.1 Å². The van der Waals surface area contributed by atoms with Gasteiger partial charge in [-0.3, -0.25) is 4.98 Å². The van der Waals surface area contributed by atoms with E-state index >= 15 is 0 Å². The zero-order valence-corrected chi connectivity index (χ0v) is 12.5. The second-order valence-corrected chi connectivity index (χ2v) is 5.48. The summed E-state index contributed by atoms with van der Waals surface area (Å²) in [6.45, 7) is 4.94. The van der Waals surface area contributed by atoms with E-state index in [9.17, 15) is 0 Å². The predicted octanol–water partition coefficient (Wildman–Crippen LogP) is 3.70. The lowest BCUT2D eigenvalue weighted by molar-refractivity contribution is 0.412. The fraction of sp³-hybridized carbons (Fsp3) is 0.400. The van der Waals surface area contributed by atoms with E-state index in [4.69, 9.17) is 4.74 Å². The Morgan fingerprint density at radius 3 is 2.89 bits per heavy atom. The average molecular weight is 276 g/mol. The molecule has 0 bridgehead atoms. The Bertz CT molecular complexity index is 511. The van der Waals surface area contributed by atoms with Gasteiger partial charge in [0.05, 0.1) is 12.8 Å². The van der Waals surface area contributed by atoms with E-state index in [-0.39, 0.29) is 0 Å². The first-order valence-electron chi connectivity index (χ1n) is 6.51. The lowest BCUT2D eigenvalue weighted by atomic mass is 10.2. The molecule has 0 spiro atoms. The van der Waals surface area contributed by atoms with Gasteiger partial charge in [-0.1, -0.05) is 13.0 Å². The SMILES string of the molecule is CCC(NCc1cc(OC)cc(C)n1)c1cccs1. The van der Waals surface area contributed by atoms with Gasteiger partial charge in [-0.05, 0) is 24.8 Å². The van der Waals surface area contributed by atoms with E-state index in [0.29, 0.717) is 6.04 Å². The number of nitrogens with one attached hydrogen (secondary N) is 1. The van der Waals surface area contributed by atoms with Crippen LogP contribution in [0.1, 0.15) is 35.7 Å². The molecule has 19 heavy (non-hydrogen) atoms. The molecule has 0 aliphatic heterocycles. The summed E-state index contributed by atoms with van der Waals surface area (Å²) in [6, 6.07) is 8.60. The highest BCUT2D eigenvalue weighted by atomic mass is 32.1. The van der Waals surface area contributed by atoms with Crippen molar-refractivity contribution in [2.24, 2.45) is 0 Å². The number of rotatable bonds is 6. The number of hydrogen-bond acceptors (Lipinski definition) is 4. The molecule has 0 aliphatic carbocycles. The number of methoxy groups -OCH3 is 1. The molecular formula is C15H20N2OS. The van der Waals surface area contributed by atoms with Crippen LogP contribution in [0, 0.1) is 6.92 Å². The molecule has 0 amide bonds. The van der Waals surface area contributed by atoms with Gasteiger partial charge in [0.15, 0.2) is 0 Å². The quantitative estimate of drug-likeness (QED) is 0.873. The van der Waals surface area contributed by atoms with E-state index in [0.717, 1.165) is 30.1 Å². The molecule has 1 N–H and O–H groups in total. The smallest absolute Gasteiger partial charge is 0.122 e. The van der Waals surface area contributed by atoms with Crippen molar-refractivity contribution in [2.75, 3.05) is 7.11 Å². The predicted molar refractivity (Wildman–Crippen MR) is 79.7 cm³/mol. The molecule has 0 aliphatic rings. The maximum atomic E-state index is 5.28. The number of pyridine rings is 1. The minimum Gasteiger partial charge on any atom is -0.497 e. The van der Waals surface area contributed by atoms with Crippen LogP contribution in [-0.2, 0) is 6.54 Å². The normalized spacial score (nSPS) is 12.4. The molecule has 0 fully saturated rings. The highest BCUT2D eigenvalue weighted by Gasteiger charge is 2.10. The summed E-state index contributed by atoms with van der Waals surface area (Å²) >= 11 is 1.79. The largest absolute Gasteiger partial charge is 0.497 e. The molecule has 2 aromatic heterocycles. The maximum absolute atomic E-state index is 5.28. The number of hydrogen-bond donors (Lipinski definition) is 1. The van der Waals surface area contributed by atoms with Crippen LogP contribution in [0.3, 0.4) is 0 Å². The van der Waals surface area contributed by atoms with Gasteiger partial charge < -0.3 is 10.1 Å². The summed E-state index contributed by atoms with van der Waals surface area (Å²) in [5.41, 5.74) is 2.01. The second-order valence-electron chi connectivity index (χ2n) is 4.50. The number of aromatic nitrogens is 1. The van der Waals surface area contributed by atoms with Crippen LogP contribution in [0.5, 0.6) is 5.75 Å². The van der Waals surface area contributed by atoms with Crippen LogP contribution in [0.2, 0.25) is 0 Å². The van der Waals surface area contributed by atoms with Crippen LogP contribution in [-0.4, -0.2) is 12.1 Å². The van der Waals surface area contributed by atoms with Crippen molar-refractivity contribution in [1.29, 1.82) is 0 Å². The summed E-state index contributed by atoms with van der Waals surface area (Å²) in [4.78, 5) is 5.91. The molecule has 0 radical (unpaired) electrons. The minimum absolute atomic E-state index is 0.397. The first kappa shape index (κ1) is 14.0. The van der Waals surface area contributed by atoms with Crippen LogP contribution >= 0.6 is 11.3 Å². The Morgan fingerprint density at radius 1 is 1.42 bits per heavy atom. The summed E-state index contributed by atoms with van der Waals surface area (Å²) < 4.78 is 5.28. The third-order valence-corrected chi connectivity index (χ3v) is 4.03. The van der Waals surface area contributed by atoms with Crippen LogP contribution < -0.4 is 10.1 Å². The van der Waals surface area contributed by atoms with E-state index in [1.807, 2.05) is 19.1 Å². The van der Waals surface area contributed by atoms with Crippen molar-refractivity contribution in [3.8, 4) is 5.75 Å². The van der Waals surface area contributed by atoms with Crippen LogP contribution in [0.4, 0.5) is 0 Å². The molecule has 0 saturated carbocycles. The molecule has 4 heteroatoms. The van der Waals surface area contributed by atoms with Crippen molar-refractivity contribution in [1.82, 2.24) is 10.3 Å². The fourth-order valence-electron chi connectivity index (χ4n) is 2.07. The Kier molecular flexibility index (Phi) is 4.93. The Hall–Kier alpha value is -1.39. The lowest BCUT2D eigenvalue weighted by Gasteiger charge is -2.15. The highest BCUT2D eigenvalue weighted by Crippen LogP contribution is 2.22. The van der Waals surface area contributed by atoms with Crippen molar-refractivity contribution >= 4 is 11.3 Å². The molecule has 102 valence electrons. The van der Waals surface area contributed by atoms with Crippen molar-refractivity contribution in [3.05, 3.63) is 45.9 Å². The van der Waals surface area contributed by atoms with E-state index < -0.39 is 0 Å². The summed E-state index contributed by atoms with van der Waals surface area (Å²) in [7, 11) is 1.69. The van der Waals surface area contributed by atoms with Gasteiger partial charge in [-0.15, -0.1) is 11.3 Å². The average Bonchev–Trinajstić information content (AvgIpc) is 2.93. The zero-order chi connectivity index (χ0) is 13.7. The Morgan fingerprint density at radius 2 is 2.26 bits per heavy atom. The van der Waals surface area contributed by atoms with Gasteiger partial charge >= 0.3 is 0 Å². The summed E-state index contributed by atoms with van der Waals surface area (Å²) in [6.07, 6.45) is 1.07. The minimum atomic E-state index is 0.397. The van der Waals surface area contributed by atoms with Crippen molar-refractivity contribution < 1.29 is 4.74 Å². The van der Waals surface area contributed by atoms with Crippen molar-refractivity contribution in [3.63, 3.8) is 0 Å². The molecule has 3 nitrogen and oxygen atoms in total. The molecule has 2 heterocycles. The zero-order valence-electron chi connectivity index (χ0n) is 11.6. The van der Waals surface area contributed by atoms with Gasteiger partial charge in [0.25, 0.3) is 0 Å². The maximum Gasteiger partial charge on any atom is 0.122 e. The number of aryl methyl sites for hydroxylation is 1. The Balaban J connectivity index is 2.03. The molecule has 2 aromatic rings. The van der Waals surface area contributed by atoms with Gasteiger partial charge in [0.2, 0.25) is 0 Å². The molecular weight excluding hydrogens is 256 g/mol. The second kappa shape index (κ2) is 6.68. The molecule has 1 unspecified atom stereocenters. The standard InChI is InChI=1S/C15H20N2OS/c1-4-14(15-6-5-7-19-15)16-10-12-9-13(18-3)8-11(2)17-12/h5-9,14,16H,4,10H2,1-3H3. The third-order valence-electron chi connectivity index (χ3n) is 3.04. The van der Waals surface area contributed by atoms with Gasteiger partial charge in [-0.2, -0.15) is 0 Å². The fourth-order valence-corrected chi connectivity index (χ4v) is 2.96. The number of ether oxygens (including phenoxy) is 1. The first-order chi connectivity index (χ1) is 9.22. The highest BCUT2D eigenvalue weighted by molar-refractivity contribution is 7.10. The molecule has 2 rings (SSSR count). The van der Waals surface area contributed by atoms with E-state index in [2.05, 4.69) is 34.7 Å². The van der Waals surface area contributed by atoms with E-state index in [1.165, 1.54) is 4.88 Å². The van der Waals surface area contributed by atoms with Gasteiger partial charge in [0, 0.05) is 35.3 Å². The van der Waals surface area contributed by atoms with Crippen molar-refractivity contribution in [2.45, 2.75) is 32.9 Å². The number of thiophene rings is 1. The third kappa shape index (κ3) is 3.78. The molecule has 1 atom stereocenters. The molecule has 0 aromatic carbocycles. The Labute approximate surface area is 118 Å². The number of nitrogens with zero attached hydrogens (tertiary/aromatic N) is 1. The van der Waals surface area contributed by atoms with Gasteiger partial charge in [0.1, 0.15) is 5.75 Å². The van der Waals surface area contributed by atoms with Gasteiger partial charge in [-0.25, -0.2) is 0 Å². The van der Waals surface area contributed by atoms with E-state index in [1.54, 1.807) is 18.4 Å². The summed E-state index contributed by atoms with van der Waals surface area (Å²) in [5, 5.41) is 5.68.